The van der Waals surface area contributed by atoms with Crippen molar-refractivity contribution in [2.75, 3.05) is 0 Å². The van der Waals surface area contributed by atoms with Gasteiger partial charge in [-0.1, -0.05) is 24.3 Å². The number of aromatic nitrogens is 2. The van der Waals surface area contributed by atoms with Crippen molar-refractivity contribution in [2.24, 2.45) is 0 Å². The number of hydrogen-bond donors (Lipinski definition) is 1. The van der Waals surface area contributed by atoms with Gasteiger partial charge in [-0.2, -0.15) is 10.4 Å². The summed E-state index contributed by atoms with van der Waals surface area (Å²) < 4.78 is 1.94. The van der Waals surface area contributed by atoms with Gasteiger partial charge in [0.2, 0.25) is 0 Å². The molecule has 108 valence electrons. The lowest BCUT2D eigenvalue weighted by Crippen LogP contribution is -2.09. The first-order chi connectivity index (χ1) is 10.8. The molecule has 0 fully saturated rings. The molecule has 0 amide bonds. The van der Waals surface area contributed by atoms with Gasteiger partial charge in [-0.15, -0.1) is 0 Å². The molecule has 0 aliphatic carbocycles. The van der Waals surface area contributed by atoms with Crippen LogP contribution in [0.15, 0.2) is 36.5 Å². The van der Waals surface area contributed by atoms with Gasteiger partial charge < -0.3 is 5.11 Å². The fourth-order valence-electron chi connectivity index (χ4n) is 3.40. The zero-order chi connectivity index (χ0) is 15.1. The number of fused-ring (bicyclic) bond motifs is 4. The van der Waals surface area contributed by atoms with E-state index >= 15 is 0 Å². The summed E-state index contributed by atoms with van der Waals surface area (Å²) in [6.07, 6.45) is 4.54. The van der Waals surface area contributed by atoms with E-state index in [2.05, 4.69) is 11.2 Å². The number of aromatic hydroxyl groups is 1. The Balaban J connectivity index is 2.20. The van der Waals surface area contributed by atoms with E-state index < -0.39 is 0 Å². The first-order valence-electron chi connectivity index (χ1n) is 7.50. The largest absolute Gasteiger partial charge is 0.507 e. The molecule has 1 N–H and O–H groups in total. The first-order valence-corrected chi connectivity index (χ1v) is 7.50. The van der Waals surface area contributed by atoms with Crippen LogP contribution in [0.2, 0.25) is 0 Å². The van der Waals surface area contributed by atoms with E-state index in [1.54, 1.807) is 6.20 Å². The Morgan fingerprint density at radius 3 is 2.77 bits per heavy atom. The highest BCUT2D eigenvalue weighted by molar-refractivity contribution is 6.00. The molecule has 0 atom stereocenters. The summed E-state index contributed by atoms with van der Waals surface area (Å²) in [6.45, 7) is 0.847. The molecule has 1 aliphatic heterocycles. The number of nitriles is 1. The van der Waals surface area contributed by atoms with Gasteiger partial charge in [-0.3, -0.25) is 4.68 Å². The van der Waals surface area contributed by atoms with E-state index in [4.69, 9.17) is 0 Å². The molecule has 0 unspecified atom stereocenters. The van der Waals surface area contributed by atoms with E-state index in [0.717, 1.165) is 53.4 Å². The summed E-state index contributed by atoms with van der Waals surface area (Å²) in [4.78, 5) is 0. The van der Waals surface area contributed by atoms with Crippen LogP contribution in [0.25, 0.3) is 22.0 Å². The number of rotatable bonds is 0. The summed E-state index contributed by atoms with van der Waals surface area (Å²) >= 11 is 0. The van der Waals surface area contributed by atoms with Gasteiger partial charge in [-0.05, 0) is 25.3 Å². The van der Waals surface area contributed by atoms with E-state index in [9.17, 15) is 10.4 Å². The summed E-state index contributed by atoms with van der Waals surface area (Å²) in [7, 11) is 0. The number of hydrogen-bond acceptors (Lipinski definition) is 3. The standard InChI is InChI=1S/C18H15N3O/c19-11-15-12-5-1-2-6-13(12)18(22)14-7-3-4-10-21-16(17(14)15)8-9-20-21/h1-2,5-6,8-9,22H,3-4,7,10H2. The Bertz CT molecular complexity index is 918. The second-order valence-corrected chi connectivity index (χ2v) is 5.63. The minimum Gasteiger partial charge on any atom is -0.507 e. The van der Waals surface area contributed by atoms with Gasteiger partial charge in [0.15, 0.2) is 0 Å². The Labute approximate surface area is 128 Å². The molecule has 1 aliphatic rings. The quantitative estimate of drug-likeness (QED) is 0.687. The minimum absolute atomic E-state index is 0.305. The lowest BCUT2D eigenvalue weighted by atomic mass is 9.88. The number of aryl methyl sites for hydroxylation is 1. The topological polar surface area (TPSA) is 61.8 Å². The molecule has 0 bridgehead atoms. The average Bonchev–Trinajstić information content (AvgIpc) is 2.98. The molecular formula is C18H15N3O. The van der Waals surface area contributed by atoms with Gasteiger partial charge in [0.05, 0.1) is 11.3 Å². The van der Waals surface area contributed by atoms with Crippen LogP contribution in [-0.4, -0.2) is 14.9 Å². The summed E-state index contributed by atoms with van der Waals surface area (Å²) in [5.74, 6) is 0.305. The van der Waals surface area contributed by atoms with Gasteiger partial charge in [0.1, 0.15) is 11.8 Å². The van der Waals surface area contributed by atoms with Crippen molar-refractivity contribution in [1.29, 1.82) is 5.26 Å². The van der Waals surface area contributed by atoms with Gasteiger partial charge in [0, 0.05) is 34.6 Å². The Morgan fingerprint density at radius 1 is 1.14 bits per heavy atom. The molecule has 4 heteroatoms. The van der Waals surface area contributed by atoms with Crippen molar-refractivity contribution in [2.45, 2.75) is 25.8 Å². The van der Waals surface area contributed by atoms with Crippen LogP contribution in [-0.2, 0) is 13.0 Å². The van der Waals surface area contributed by atoms with Crippen molar-refractivity contribution in [3.8, 4) is 23.1 Å². The molecule has 0 saturated heterocycles. The van der Waals surface area contributed by atoms with Crippen LogP contribution >= 0.6 is 0 Å². The summed E-state index contributed by atoms with van der Waals surface area (Å²) in [5.41, 5.74) is 3.27. The van der Waals surface area contributed by atoms with Gasteiger partial charge >= 0.3 is 0 Å². The molecule has 3 aromatic rings. The van der Waals surface area contributed by atoms with Crippen LogP contribution in [0, 0.1) is 11.3 Å². The zero-order valence-corrected chi connectivity index (χ0v) is 12.1. The zero-order valence-electron chi connectivity index (χ0n) is 12.1. The van der Waals surface area contributed by atoms with Crippen LogP contribution in [0.1, 0.15) is 24.0 Å². The molecule has 0 radical (unpaired) electrons. The van der Waals surface area contributed by atoms with E-state index in [0.29, 0.717) is 11.3 Å². The van der Waals surface area contributed by atoms with E-state index in [1.165, 1.54) is 0 Å². The lowest BCUT2D eigenvalue weighted by molar-refractivity contribution is 0.470. The van der Waals surface area contributed by atoms with E-state index in [-0.39, 0.29) is 0 Å². The predicted octanol–water partition coefficient (Wildman–Crippen LogP) is 3.62. The maximum Gasteiger partial charge on any atom is 0.127 e. The SMILES string of the molecule is N#Cc1c2c(c(O)c3ccccc13)CCCCn1nccc1-2. The second-order valence-electron chi connectivity index (χ2n) is 5.63. The third-order valence-corrected chi connectivity index (χ3v) is 4.42. The third kappa shape index (κ3) is 1.72. The van der Waals surface area contributed by atoms with Crippen molar-refractivity contribution >= 4 is 10.8 Å². The summed E-state index contributed by atoms with van der Waals surface area (Å²) in [6, 6.07) is 11.8. The fourth-order valence-corrected chi connectivity index (χ4v) is 3.40. The predicted molar refractivity (Wildman–Crippen MR) is 84.5 cm³/mol. The van der Waals surface area contributed by atoms with E-state index in [1.807, 2.05) is 35.0 Å². The maximum atomic E-state index is 10.8. The average molecular weight is 289 g/mol. The van der Waals surface area contributed by atoms with Crippen molar-refractivity contribution in [1.82, 2.24) is 9.78 Å². The Kier molecular flexibility index (Phi) is 2.87. The highest BCUT2D eigenvalue weighted by Crippen LogP contribution is 2.42. The molecule has 22 heavy (non-hydrogen) atoms. The van der Waals surface area contributed by atoms with Crippen LogP contribution in [0.4, 0.5) is 0 Å². The fraction of sp³-hybridized carbons (Fsp3) is 0.222. The molecule has 0 spiro atoms. The highest BCUT2D eigenvalue weighted by atomic mass is 16.3. The lowest BCUT2D eigenvalue weighted by Gasteiger charge is -2.20. The second kappa shape index (κ2) is 4.88. The van der Waals surface area contributed by atoms with Crippen molar-refractivity contribution < 1.29 is 5.11 Å². The first kappa shape index (κ1) is 12.9. The maximum absolute atomic E-state index is 10.8. The van der Waals surface area contributed by atoms with Crippen LogP contribution in [0.5, 0.6) is 5.75 Å². The summed E-state index contributed by atoms with van der Waals surface area (Å²) in [5, 5.41) is 26.4. The highest BCUT2D eigenvalue weighted by Gasteiger charge is 2.23. The molecule has 2 heterocycles. The smallest absolute Gasteiger partial charge is 0.127 e. The van der Waals surface area contributed by atoms with Gasteiger partial charge in [0.25, 0.3) is 0 Å². The molecule has 1 aromatic heterocycles. The molecule has 4 nitrogen and oxygen atoms in total. The molecule has 0 saturated carbocycles. The van der Waals surface area contributed by atoms with Crippen molar-refractivity contribution in [3.05, 3.63) is 47.7 Å². The monoisotopic (exact) mass is 289 g/mol. The molecule has 2 aromatic carbocycles. The Morgan fingerprint density at radius 2 is 1.95 bits per heavy atom. The molecular weight excluding hydrogens is 274 g/mol. The Hall–Kier alpha value is -2.80. The van der Waals surface area contributed by atoms with Crippen LogP contribution < -0.4 is 0 Å². The number of benzene rings is 2. The van der Waals surface area contributed by atoms with Gasteiger partial charge in [-0.25, -0.2) is 0 Å². The number of phenols is 1. The van der Waals surface area contributed by atoms with Crippen molar-refractivity contribution in [3.63, 3.8) is 0 Å². The number of phenolic OH excluding ortho intramolecular Hbond substituents is 1. The number of nitrogens with zero attached hydrogens (tertiary/aromatic N) is 3. The van der Waals surface area contributed by atoms with Crippen LogP contribution in [0.3, 0.4) is 0 Å². The normalized spacial score (nSPS) is 13.8. The minimum atomic E-state index is 0.305. The molecule has 4 rings (SSSR count). The third-order valence-electron chi connectivity index (χ3n) is 4.42.